The fourth-order valence-electron chi connectivity index (χ4n) is 2.93. The molecule has 1 amide bonds. The predicted molar refractivity (Wildman–Crippen MR) is 115 cm³/mol. The average Bonchev–Trinajstić information content (AvgIpc) is 3.11. The van der Waals surface area contributed by atoms with Gasteiger partial charge in [0.05, 0.1) is 22.4 Å². The number of halogens is 3. The van der Waals surface area contributed by atoms with E-state index in [1.54, 1.807) is 34.5 Å². The highest BCUT2D eigenvalue weighted by Gasteiger charge is 2.21. The number of hydrogen-bond donors (Lipinski definition) is 1. The molecule has 1 atom stereocenters. The van der Waals surface area contributed by atoms with Crippen LogP contribution in [0.1, 0.15) is 35.6 Å². The molecule has 0 aliphatic rings. The van der Waals surface area contributed by atoms with E-state index in [0.29, 0.717) is 22.4 Å². The minimum Gasteiger partial charge on any atom is -0.307 e. The number of carbonyl (C=O) groups excluding carboxylic acids is 1. The Morgan fingerprint density at radius 3 is 2.43 bits per heavy atom. The molecule has 0 fully saturated rings. The first-order chi connectivity index (χ1) is 13.2. The number of aryl methyl sites for hydroxylation is 2. The van der Waals surface area contributed by atoms with Crippen LogP contribution >= 0.6 is 39.1 Å². The number of rotatable bonds is 5. The largest absolute Gasteiger partial charge is 0.307 e. The highest BCUT2D eigenvalue weighted by atomic mass is 79.9. The molecule has 0 bridgehead atoms. The van der Waals surface area contributed by atoms with Crippen LogP contribution in [0, 0.1) is 20.8 Å². The van der Waals surface area contributed by atoms with Crippen molar-refractivity contribution in [3.8, 4) is 0 Å². The van der Waals surface area contributed by atoms with E-state index in [1.807, 2.05) is 26.8 Å². The van der Waals surface area contributed by atoms with E-state index in [9.17, 15) is 4.79 Å². The molecule has 1 unspecified atom stereocenters. The third kappa shape index (κ3) is 4.11. The Labute approximate surface area is 182 Å². The quantitative estimate of drug-likeness (QED) is 0.532. The van der Waals surface area contributed by atoms with Crippen molar-refractivity contribution >= 4 is 50.9 Å². The van der Waals surface area contributed by atoms with E-state index in [4.69, 9.17) is 23.2 Å². The maximum Gasteiger partial charge on any atom is 0.250 e. The summed E-state index contributed by atoms with van der Waals surface area (Å²) in [6.07, 6.45) is 0. The minimum atomic E-state index is -0.478. The molecule has 1 N–H and O–H groups in total. The van der Waals surface area contributed by atoms with Crippen LogP contribution in [-0.2, 0) is 11.3 Å². The lowest BCUT2D eigenvalue weighted by molar-refractivity contribution is -0.119. The van der Waals surface area contributed by atoms with Gasteiger partial charge in [0, 0.05) is 27.4 Å². The minimum absolute atomic E-state index is 0.196. The molecule has 0 saturated heterocycles. The molecule has 0 spiro atoms. The zero-order valence-corrected chi connectivity index (χ0v) is 19.0. The third-order valence-corrected chi connectivity index (χ3v) is 6.44. The molecule has 0 radical (unpaired) electrons. The smallest absolute Gasteiger partial charge is 0.250 e. The van der Waals surface area contributed by atoms with Crippen LogP contribution in [0.2, 0.25) is 10.0 Å². The number of amides is 1. The third-order valence-electron chi connectivity index (χ3n) is 4.59. The predicted octanol–water partition coefficient (Wildman–Crippen LogP) is 5.32. The Bertz CT molecular complexity index is 1020. The Hall–Kier alpha value is -1.83. The number of benzene rings is 1. The van der Waals surface area contributed by atoms with Crippen LogP contribution in [-0.4, -0.2) is 25.5 Å². The van der Waals surface area contributed by atoms with E-state index in [-0.39, 0.29) is 5.91 Å². The van der Waals surface area contributed by atoms with Gasteiger partial charge in [0.1, 0.15) is 6.04 Å². The van der Waals surface area contributed by atoms with Gasteiger partial charge in [0.2, 0.25) is 5.91 Å². The zero-order chi connectivity index (χ0) is 20.6. The number of carbonyl (C=O) groups is 1. The molecule has 1 aromatic carbocycles. The summed E-state index contributed by atoms with van der Waals surface area (Å²) < 4.78 is 4.36. The normalized spacial score (nSPS) is 12.2. The lowest BCUT2D eigenvalue weighted by atomic mass is 10.2. The van der Waals surface area contributed by atoms with Crippen LogP contribution in [0.25, 0.3) is 0 Å². The second kappa shape index (κ2) is 8.27. The van der Waals surface area contributed by atoms with Crippen LogP contribution in [0.15, 0.2) is 28.7 Å². The first kappa shape index (κ1) is 20.9. The van der Waals surface area contributed by atoms with Crippen LogP contribution in [0.4, 0.5) is 5.82 Å². The van der Waals surface area contributed by atoms with Gasteiger partial charge in [0.25, 0.3) is 0 Å². The SMILES string of the molecule is Cc1nn(C(C)C(=O)Nc2cc(C)n(Cc3c(Cl)cccc3Cl)n2)c(C)c1Br. The summed E-state index contributed by atoms with van der Waals surface area (Å²) >= 11 is 16.0. The second-order valence-electron chi connectivity index (χ2n) is 6.62. The van der Waals surface area contributed by atoms with Crippen molar-refractivity contribution in [3.05, 3.63) is 61.4 Å². The van der Waals surface area contributed by atoms with Gasteiger partial charge in [-0.3, -0.25) is 14.2 Å². The molecule has 148 valence electrons. The van der Waals surface area contributed by atoms with E-state index in [0.717, 1.165) is 27.1 Å². The number of anilines is 1. The summed E-state index contributed by atoms with van der Waals surface area (Å²) in [6.45, 7) is 7.94. The monoisotopic (exact) mass is 483 g/mol. The highest BCUT2D eigenvalue weighted by molar-refractivity contribution is 9.10. The maximum absolute atomic E-state index is 12.7. The van der Waals surface area contributed by atoms with Crippen molar-refractivity contribution in [1.29, 1.82) is 0 Å². The molecule has 0 saturated carbocycles. The van der Waals surface area contributed by atoms with Crippen molar-refractivity contribution in [2.45, 2.75) is 40.3 Å². The van der Waals surface area contributed by atoms with Gasteiger partial charge in [-0.25, -0.2) is 0 Å². The molecule has 3 aromatic rings. The Kier molecular flexibility index (Phi) is 6.17. The number of aromatic nitrogens is 4. The van der Waals surface area contributed by atoms with Crippen molar-refractivity contribution in [1.82, 2.24) is 19.6 Å². The molecular weight excluding hydrogens is 465 g/mol. The number of nitrogens with zero attached hydrogens (tertiary/aromatic N) is 4. The van der Waals surface area contributed by atoms with Crippen molar-refractivity contribution in [2.24, 2.45) is 0 Å². The number of nitrogens with one attached hydrogen (secondary N) is 1. The van der Waals surface area contributed by atoms with Crippen molar-refractivity contribution in [3.63, 3.8) is 0 Å². The van der Waals surface area contributed by atoms with Gasteiger partial charge in [-0.1, -0.05) is 29.3 Å². The lowest BCUT2D eigenvalue weighted by Crippen LogP contribution is -2.25. The molecule has 9 heteroatoms. The first-order valence-electron chi connectivity index (χ1n) is 8.68. The molecule has 28 heavy (non-hydrogen) atoms. The van der Waals surface area contributed by atoms with Crippen LogP contribution in [0.3, 0.4) is 0 Å². The van der Waals surface area contributed by atoms with Gasteiger partial charge < -0.3 is 5.32 Å². The summed E-state index contributed by atoms with van der Waals surface area (Å²) in [5.41, 5.74) is 3.41. The van der Waals surface area contributed by atoms with Gasteiger partial charge >= 0.3 is 0 Å². The maximum atomic E-state index is 12.7. The van der Waals surface area contributed by atoms with Gasteiger partial charge in [-0.2, -0.15) is 10.2 Å². The number of hydrogen-bond acceptors (Lipinski definition) is 3. The molecule has 6 nitrogen and oxygen atoms in total. The second-order valence-corrected chi connectivity index (χ2v) is 8.23. The van der Waals surface area contributed by atoms with Crippen molar-refractivity contribution < 1.29 is 4.79 Å². The molecule has 2 heterocycles. The summed E-state index contributed by atoms with van der Waals surface area (Å²) in [7, 11) is 0. The van der Waals surface area contributed by atoms with Gasteiger partial charge in [0.15, 0.2) is 5.82 Å². The van der Waals surface area contributed by atoms with E-state index in [1.165, 1.54) is 0 Å². The summed E-state index contributed by atoms with van der Waals surface area (Å²) in [4.78, 5) is 12.7. The average molecular weight is 485 g/mol. The fraction of sp³-hybridized carbons (Fsp3) is 0.316. The van der Waals surface area contributed by atoms with E-state index < -0.39 is 6.04 Å². The molecule has 0 aliphatic carbocycles. The standard InChI is InChI=1S/C19H20BrCl2N5O/c1-10-8-17(25-26(10)9-14-15(21)6-5-7-16(14)22)23-19(28)13(4)27-12(3)18(20)11(2)24-27/h5-8,13H,9H2,1-4H3,(H,23,25,28). The molecule has 3 rings (SSSR count). The summed E-state index contributed by atoms with van der Waals surface area (Å²) in [5, 5.41) is 12.9. The molecule has 2 aromatic heterocycles. The highest BCUT2D eigenvalue weighted by Crippen LogP contribution is 2.26. The Morgan fingerprint density at radius 2 is 1.86 bits per heavy atom. The van der Waals surface area contributed by atoms with Crippen LogP contribution in [0.5, 0.6) is 0 Å². The van der Waals surface area contributed by atoms with Gasteiger partial charge in [-0.05, 0) is 55.8 Å². The lowest BCUT2D eigenvalue weighted by Gasteiger charge is -2.13. The first-order valence-corrected chi connectivity index (χ1v) is 10.2. The topological polar surface area (TPSA) is 64.7 Å². The summed E-state index contributed by atoms with van der Waals surface area (Å²) in [5.74, 6) is 0.275. The summed E-state index contributed by atoms with van der Waals surface area (Å²) in [6, 6.07) is 6.71. The molecular formula is C19H20BrCl2N5O. The Morgan fingerprint density at radius 1 is 1.21 bits per heavy atom. The van der Waals surface area contributed by atoms with Crippen LogP contribution < -0.4 is 5.32 Å². The van der Waals surface area contributed by atoms with E-state index in [2.05, 4.69) is 31.4 Å². The van der Waals surface area contributed by atoms with Gasteiger partial charge in [-0.15, -0.1) is 0 Å². The Balaban J connectivity index is 1.77. The van der Waals surface area contributed by atoms with Crippen molar-refractivity contribution in [2.75, 3.05) is 5.32 Å². The molecule has 0 aliphatic heterocycles. The van der Waals surface area contributed by atoms with E-state index >= 15 is 0 Å². The zero-order valence-electron chi connectivity index (χ0n) is 15.9. The fourth-order valence-corrected chi connectivity index (χ4v) is 3.70.